The molecule has 2 amide bonds. The number of ether oxygens (including phenoxy) is 1. The fraction of sp³-hybridized carbons (Fsp3) is 0.182. The predicted molar refractivity (Wildman–Crippen MR) is 110 cm³/mol. The summed E-state index contributed by atoms with van der Waals surface area (Å²) in [5.74, 6) is 1.01. The number of hydrogen-bond donors (Lipinski definition) is 3. The second kappa shape index (κ2) is 9.98. The molecule has 0 aliphatic carbocycles. The number of carbonyl (C=O) groups is 2. The molecule has 0 saturated heterocycles. The van der Waals surface area contributed by atoms with Crippen molar-refractivity contribution >= 4 is 17.5 Å². The number of rotatable bonds is 9. The van der Waals surface area contributed by atoms with E-state index in [1.165, 1.54) is 0 Å². The second-order valence-electron chi connectivity index (χ2n) is 6.29. The van der Waals surface area contributed by atoms with Crippen LogP contribution in [0.3, 0.4) is 0 Å². The van der Waals surface area contributed by atoms with Crippen LogP contribution < -0.4 is 20.7 Å². The summed E-state index contributed by atoms with van der Waals surface area (Å²) in [4.78, 5) is 24.6. The zero-order valence-electron chi connectivity index (χ0n) is 16.1. The highest BCUT2D eigenvalue weighted by Gasteiger charge is 2.12. The van der Waals surface area contributed by atoms with Gasteiger partial charge in [0, 0.05) is 12.2 Å². The van der Waals surface area contributed by atoms with Crippen LogP contribution in [-0.4, -0.2) is 25.5 Å². The van der Waals surface area contributed by atoms with E-state index in [-0.39, 0.29) is 18.4 Å². The van der Waals surface area contributed by atoms with Gasteiger partial charge in [-0.2, -0.15) is 0 Å². The van der Waals surface area contributed by atoms with E-state index in [0.717, 1.165) is 11.3 Å². The molecule has 0 atom stereocenters. The van der Waals surface area contributed by atoms with Crippen molar-refractivity contribution < 1.29 is 18.7 Å². The van der Waals surface area contributed by atoms with Gasteiger partial charge in [0.15, 0.2) is 0 Å². The number of para-hydroxylation sites is 1. The third-order valence-corrected chi connectivity index (χ3v) is 4.26. The van der Waals surface area contributed by atoms with Gasteiger partial charge in [-0.3, -0.25) is 9.59 Å². The van der Waals surface area contributed by atoms with Gasteiger partial charge in [-0.25, -0.2) is 0 Å². The quantitative estimate of drug-likeness (QED) is 0.520. The number of anilines is 1. The highest BCUT2D eigenvalue weighted by molar-refractivity contribution is 6.00. The fourth-order valence-electron chi connectivity index (χ4n) is 2.69. The fourth-order valence-corrected chi connectivity index (χ4v) is 2.69. The standard InChI is InChI=1S/C22H23N3O4/c1-28-17-10-8-16(9-11-17)13-24-21(26)15-23-20-7-3-2-6-19(20)22(27)25-14-18-5-4-12-29-18/h2-12,23H,13-15H2,1H3,(H,24,26)(H,25,27). The van der Waals surface area contributed by atoms with Gasteiger partial charge in [0.1, 0.15) is 11.5 Å². The Labute approximate surface area is 169 Å². The number of hydrogen-bond acceptors (Lipinski definition) is 5. The smallest absolute Gasteiger partial charge is 0.253 e. The summed E-state index contributed by atoms with van der Waals surface area (Å²) >= 11 is 0. The summed E-state index contributed by atoms with van der Waals surface area (Å²) < 4.78 is 10.3. The Bertz CT molecular complexity index is 937. The summed E-state index contributed by atoms with van der Waals surface area (Å²) in [5, 5.41) is 8.67. The number of furan rings is 1. The zero-order valence-corrected chi connectivity index (χ0v) is 16.1. The van der Waals surface area contributed by atoms with Gasteiger partial charge in [-0.05, 0) is 42.0 Å². The third-order valence-electron chi connectivity index (χ3n) is 4.26. The van der Waals surface area contributed by atoms with E-state index < -0.39 is 0 Å². The molecule has 7 heteroatoms. The highest BCUT2D eigenvalue weighted by Crippen LogP contribution is 2.15. The first-order valence-corrected chi connectivity index (χ1v) is 9.19. The molecule has 0 radical (unpaired) electrons. The molecule has 29 heavy (non-hydrogen) atoms. The summed E-state index contributed by atoms with van der Waals surface area (Å²) in [5.41, 5.74) is 2.02. The highest BCUT2D eigenvalue weighted by atomic mass is 16.5. The topological polar surface area (TPSA) is 92.6 Å². The molecule has 0 fully saturated rings. The first kappa shape index (κ1) is 20.0. The van der Waals surface area contributed by atoms with E-state index in [0.29, 0.717) is 30.1 Å². The number of amides is 2. The molecule has 0 saturated carbocycles. The number of benzene rings is 2. The Morgan fingerprint density at radius 1 is 0.931 bits per heavy atom. The lowest BCUT2D eigenvalue weighted by molar-refractivity contribution is -0.119. The molecule has 1 heterocycles. The van der Waals surface area contributed by atoms with Crippen molar-refractivity contribution in [3.05, 3.63) is 83.8 Å². The van der Waals surface area contributed by atoms with Crippen molar-refractivity contribution in [2.75, 3.05) is 19.0 Å². The largest absolute Gasteiger partial charge is 0.497 e. The van der Waals surface area contributed by atoms with Gasteiger partial charge < -0.3 is 25.1 Å². The minimum atomic E-state index is -0.247. The number of nitrogens with one attached hydrogen (secondary N) is 3. The maximum absolute atomic E-state index is 12.5. The summed E-state index contributed by atoms with van der Waals surface area (Å²) in [6.07, 6.45) is 1.56. The molecule has 2 aromatic carbocycles. The van der Waals surface area contributed by atoms with Gasteiger partial charge in [-0.15, -0.1) is 0 Å². The van der Waals surface area contributed by atoms with Gasteiger partial charge in [0.25, 0.3) is 5.91 Å². The third kappa shape index (κ3) is 5.87. The summed E-state index contributed by atoms with van der Waals surface area (Å²) in [6.45, 7) is 0.761. The summed E-state index contributed by atoms with van der Waals surface area (Å²) in [7, 11) is 1.61. The Hall–Kier alpha value is -3.74. The molecule has 0 bridgehead atoms. The Balaban J connectivity index is 1.50. The first-order chi connectivity index (χ1) is 14.2. The molecule has 1 aromatic heterocycles. The van der Waals surface area contributed by atoms with Crippen molar-refractivity contribution in [3.8, 4) is 5.75 Å². The molecule has 3 aromatic rings. The maximum Gasteiger partial charge on any atom is 0.253 e. The van der Waals surface area contributed by atoms with Crippen LogP contribution in [0.5, 0.6) is 5.75 Å². The van der Waals surface area contributed by atoms with Gasteiger partial charge in [0.05, 0.1) is 32.0 Å². The van der Waals surface area contributed by atoms with Crippen molar-refractivity contribution in [1.29, 1.82) is 0 Å². The lowest BCUT2D eigenvalue weighted by atomic mass is 10.1. The van der Waals surface area contributed by atoms with Crippen LogP contribution in [0.25, 0.3) is 0 Å². The molecule has 3 N–H and O–H groups in total. The first-order valence-electron chi connectivity index (χ1n) is 9.19. The van der Waals surface area contributed by atoms with Gasteiger partial charge >= 0.3 is 0 Å². The minimum absolute atomic E-state index is 0.0542. The zero-order chi connectivity index (χ0) is 20.5. The molecule has 0 aliphatic rings. The van der Waals surface area contributed by atoms with E-state index in [2.05, 4.69) is 16.0 Å². The van der Waals surface area contributed by atoms with E-state index in [1.807, 2.05) is 24.3 Å². The molecule has 150 valence electrons. The second-order valence-corrected chi connectivity index (χ2v) is 6.29. The van der Waals surface area contributed by atoms with Crippen molar-refractivity contribution in [3.63, 3.8) is 0 Å². The molecular formula is C22H23N3O4. The minimum Gasteiger partial charge on any atom is -0.497 e. The number of methoxy groups -OCH3 is 1. The lowest BCUT2D eigenvalue weighted by Crippen LogP contribution is -2.30. The predicted octanol–water partition coefficient (Wildman–Crippen LogP) is 2.95. The Morgan fingerprint density at radius 3 is 2.45 bits per heavy atom. The molecular weight excluding hydrogens is 370 g/mol. The maximum atomic E-state index is 12.5. The molecule has 3 rings (SSSR count). The van der Waals surface area contributed by atoms with E-state index >= 15 is 0 Å². The van der Waals surface area contributed by atoms with Crippen LogP contribution in [0.2, 0.25) is 0 Å². The number of carbonyl (C=O) groups excluding carboxylic acids is 2. The Morgan fingerprint density at radius 2 is 1.72 bits per heavy atom. The van der Waals surface area contributed by atoms with Crippen LogP contribution >= 0.6 is 0 Å². The van der Waals surface area contributed by atoms with Crippen LogP contribution in [0.1, 0.15) is 21.7 Å². The average Bonchev–Trinajstić information content (AvgIpc) is 3.29. The Kier molecular flexibility index (Phi) is 6.89. The monoisotopic (exact) mass is 393 g/mol. The van der Waals surface area contributed by atoms with Crippen LogP contribution in [0, 0.1) is 0 Å². The van der Waals surface area contributed by atoms with E-state index in [1.54, 1.807) is 49.8 Å². The summed E-state index contributed by atoms with van der Waals surface area (Å²) in [6, 6.07) is 18.1. The van der Waals surface area contributed by atoms with Crippen molar-refractivity contribution in [2.45, 2.75) is 13.1 Å². The average molecular weight is 393 g/mol. The van der Waals surface area contributed by atoms with Crippen LogP contribution in [0.15, 0.2) is 71.3 Å². The van der Waals surface area contributed by atoms with Crippen molar-refractivity contribution in [1.82, 2.24) is 10.6 Å². The molecule has 0 spiro atoms. The van der Waals surface area contributed by atoms with Crippen LogP contribution in [-0.2, 0) is 17.9 Å². The molecule has 7 nitrogen and oxygen atoms in total. The lowest BCUT2D eigenvalue weighted by Gasteiger charge is -2.12. The molecule has 0 unspecified atom stereocenters. The van der Waals surface area contributed by atoms with Crippen molar-refractivity contribution in [2.24, 2.45) is 0 Å². The van der Waals surface area contributed by atoms with Gasteiger partial charge in [0.2, 0.25) is 5.91 Å². The van der Waals surface area contributed by atoms with E-state index in [4.69, 9.17) is 9.15 Å². The SMILES string of the molecule is COc1ccc(CNC(=O)CNc2ccccc2C(=O)NCc2ccco2)cc1. The van der Waals surface area contributed by atoms with Gasteiger partial charge in [-0.1, -0.05) is 24.3 Å². The van der Waals surface area contributed by atoms with E-state index in [9.17, 15) is 9.59 Å². The molecule has 0 aliphatic heterocycles. The normalized spacial score (nSPS) is 10.2. The van der Waals surface area contributed by atoms with Crippen LogP contribution in [0.4, 0.5) is 5.69 Å².